The Hall–Kier alpha value is -1.50. The van der Waals surface area contributed by atoms with E-state index in [9.17, 15) is 9.90 Å². The number of aryl methyl sites for hydroxylation is 1. The van der Waals surface area contributed by atoms with Gasteiger partial charge in [-0.15, -0.1) is 0 Å². The number of amides is 1. The molecular formula is C20H31N3O3. The van der Waals surface area contributed by atoms with Gasteiger partial charge in [-0.2, -0.15) is 0 Å². The van der Waals surface area contributed by atoms with E-state index in [1.165, 1.54) is 0 Å². The highest BCUT2D eigenvalue weighted by Gasteiger charge is 2.34. The Kier molecular flexibility index (Phi) is 7.41. The van der Waals surface area contributed by atoms with Gasteiger partial charge in [-0.1, -0.05) is 6.07 Å². The molecule has 3 unspecified atom stereocenters. The van der Waals surface area contributed by atoms with Crippen molar-refractivity contribution in [1.29, 1.82) is 0 Å². The molecule has 0 radical (unpaired) electrons. The average Bonchev–Trinajstić information content (AvgIpc) is 2.68. The van der Waals surface area contributed by atoms with Gasteiger partial charge in [0.25, 0.3) is 0 Å². The first kappa shape index (κ1) is 19.3. The highest BCUT2D eigenvalue weighted by atomic mass is 16.5. The van der Waals surface area contributed by atoms with Gasteiger partial charge >= 0.3 is 0 Å². The number of carbonyl (C=O) groups is 1. The van der Waals surface area contributed by atoms with E-state index >= 15 is 0 Å². The Morgan fingerprint density at radius 2 is 2.08 bits per heavy atom. The van der Waals surface area contributed by atoms with Crippen LogP contribution in [0.3, 0.4) is 0 Å². The first-order valence-corrected chi connectivity index (χ1v) is 9.92. The number of nitrogens with one attached hydrogen (secondary N) is 2. The van der Waals surface area contributed by atoms with Crippen LogP contribution in [0.4, 0.5) is 0 Å². The summed E-state index contributed by atoms with van der Waals surface area (Å²) in [6.07, 6.45) is 7.33. The molecular weight excluding hydrogens is 330 g/mol. The topological polar surface area (TPSA) is 83.5 Å². The smallest absolute Gasteiger partial charge is 0.223 e. The van der Waals surface area contributed by atoms with Gasteiger partial charge in [-0.3, -0.25) is 9.78 Å². The van der Waals surface area contributed by atoms with Crippen LogP contribution in [-0.4, -0.2) is 53.9 Å². The lowest BCUT2D eigenvalue weighted by Crippen LogP contribution is -2.52. The lowest BCUT2D eigenvalue weighted by atomic mass is 9.82. The molecule has 0 spiro atoms. The molecule has 2 fully saturated rings. The van der Waals surface area contributed by atoms with Gasteiger partial charge < -0.3 is 20.5 Å². The van der Waals surface area contributed by atoms with E-state index in [4.69, 9.17) is 4.74 Å². The number of aliphatic hydroxyl groups excluding tert-OH is 1. The molecule has 144 valence electrons. The van der Waals surface area contributed by atoms with Crippen molar-refractivity contribution >= 4 is 5.91 Å². The van der Waals surface area contributed by atoms with Crippen molar-refractivity contribution < 1.29 is 14.6 Å². The second-order valence-corrected chi connectivity index (χ2v) is 7.45. The second kappa shape index (κ2) is 10.00. The van der Waals surface area contributed by atoms with E-state index in [1.807, 2.05) is 18.2 Å². The van der Waals surface area contributed by atoms with Crippen LogP contribution >= 0.6 is 0 Å². The Balaban J connectivity index is 1.39. The first-order chi connectivity index (χ1) is 12.7. The third kappa shape index (κ3) is 5.76. The van der Waals surface area contributed by atoms with E-state index in [-0.39, 0.29) is 24.0 Å². The van der Waals surface area contributed by atoms with Crippen LogP contribution in [-0.2, 0) is 16.0 Å². The maximum atomic E-state index is 12.5. The van der Waals surface area contributed by atoms with Gasteiger partial charge in [0, 0.05) is 49.7 Å². The van der Waals surface area contributed by atoms with E-state index in [1.54, 1.807) is 6.20 Å². The number of pyridine rings is 1. The van der Waals surface area contributed by atoms with E-state index in [0.717, 1.165) is 51.0 Å². The highest BCUT2D eigenvalue weighted by Crippen LogP contribution is 2.26. The van der Waals surface area contributed by atoms with Gasteiger partial charge in [-0.05, 0) is 57.1 Å². The lowest BCUT2D eigenvalue weighted by molar-refractivity contribution is -0.127. The highest BCUT2D eigenvalue weighted by molar-refractivity contribution is 5.78. The molecule has 1 aliphatic heterocycles. The molecule has 3 atom stereocenters. The normalized spacial score (nSPS) is 27.2. The average molecular weight is 361 g/mol. The molecule has 3 N–H and O–H groups in total. The van der Waals surface area contributed by atoms with Crippen LogP contribution in [0.5, 0.6) is 0 Å². The molecule has 6 heteroatoms. The summed E-state index contributed by atoms with van der Waals surface area (Å²) in [6, 6.07) is 6.31. The molecule has 3 rings (SSSR count). The molecule has 2 heterocycles. The number of ether oxygens (including phenoxy) is 1. The summed E-state index contributed by atoms with van der Waals surface area (Å²) in [5.41, 5.74) is 1.06. The Labute approximate surface area is 155 Å². The molecule has 1 aliphatic carbocycles. The van der Waals surface area contributed by atoms with Crippen molar-refractivity contribution in [2.75, 3.05) is 19.8 Å². The maximum Gasteiger partial charge on any atom is 0.223 e. The fourth-order valence-corrected chi connectivity index (χ4v) is 3.91. The number of carbonyl (C=O) groups excluding carboxylic acids is 1. The minimum absolute atomic E-state index is 0.00871. The quantitative estimate of drug-likeness (QED) is 0.640. The van der Waals surface area contributed by atoms with Gasteiger partial charge in [0.1, 0.15) is 0 Å². The van der Waals surface area contributed by atoms with Gasteiger partial charge in [0.2, 0.25) is 5.91 Å². The van der Waals surface area contributed by atoms with Crippen LogP contribution in [0.25, 0.3) is 0 Å². The van der Waals surface area contributed by atoms with E-state index in [0.29, 0.717) is 25.4 Å². The summed E-state index contributed by atoms with van der Waals surface area (Å²) in [4.78, 5) is 16.8. The summed E-state index contributed by atoms with van der Waals surface area (Å²) >= 11 is 0. The molecule has 1 saturated carbocycles. The maximum absolute atomic E-state index is 12.5. The van der Waals surface area contributed by atoms with E-state index in [2.05, 4.69) is 15.6 Å². The number of rotatable bonds is 7. The SMILES string of the molecule is O=C(NCCCc1ccccn1)C1CCC(O)C(NC2CCOCC2)C1. The van der Waals surface area contributed by atoms with Crippen molar-refractivity contribution in [2.45, 2.75) is 63.1 Å². The third-order valence-corrected chi connectivity index (χ3v) is 5.49. The predicted molar refractivity (Wildman–Crippen MR) is 99.7 cm³/mol. The lowest BCUT2D eigenvalue weighted by Gasteiger charge is -2.36. The largest absolute Gasteiger partial charge is 0.392 e. The Morgan fingerprint density at radius 1 is 1.23 bits per heavy atom. The molecule has 0 bridgehead atoms. The Bertz CT molecular complexity index is 548. The standard InChI is InChI=1S/C20H31N3O3/c24-19-7-6-15(14-18(19)23-17-8-12-26-13-9-17)20(25)22-11-3-5-16-4-1-2-10-21-16/h1-2,4,10,15,17-19,23-24H,3,5-9,11-14H2,(H,22,25). The zero-order valence-electron chi connectivity index (χ0n) is 15.4. The Morgan fingerprint density at radius 3 is 2.85 bits per heavy atom. The second-order valence-electron chi connectivity index (χ2n) is 7.45. The molecule has 26 heavy (non-hydrogen) atoms. The fourth-order valence-electron chi connectivity index (χ4n) is 3.91. The van der Waals surface area contributed by atoms with Gasteiger partial charge in [0.05, 0.1) is 6.10 Å². The molecule has 6 nitrogen and oxygen atoms in total. The molecule has 1 aromatic heterocycles. The monoisotopic (exact) mass is 361 g/mol. The molecule has 1 aromatic rings. The number of hydrogen-bond acceptors (Lipinski definition) is 5. The first-order valence-electron chi connectivity index (χ1n) is 9.92. The summed E-state index contributed by atoms with van der Waals surface area (Å²) < 4.78 is 5.39. The van der Waals surface area contributed by atoms with Crippen molar-refractivity contribution in [3.05, 3.63) is 30.1 Å². The van der Waals surface area contributed by atoms with Crippen molar-refractivity contribution in [1.82, 2.24) is 15.6 Å². The van der Waals surface area contributed by atoms with Crippen LogP contribution in [0, 0.1) is 5.92 Å². The van der Waals surface area contributed by atoms with Crippen LogP contribution in [0.15, 0.2) is 24.4 Å². The summed E-state index contributed by atoms with van der Waals surface area (Å²) in [5.74, 6) is 0.113. The zero-order chi connectivity index (χ0) is 18.2. The van der Waals surface area contributed by atoms with Gasteiger partial charge in [-0.25, -0.2) is 0 Å². The minimum Gasteiger partial charge on any atom is -0.392 e. The molecule has 0 aromatic carbocycles. The van der Waals surface area contributed by atoms with Crippen LogP contribution < -0.4 is 10.6 Å². The predicted octanol–water partition coefficient (Wildman–Crippen LogP) is 1.43. The number of nitrogens with zero attached hydrogens (tertiary/aromatic N) is 1. The summed E-state index contributed by atoms with van der Waals surface area (Å²) in [7, 11) is 0. The fraction of sp³-hybridized carbons (Fsp3) is 0.700. The van der Waals surface area contributed by atoms with Gasteiger partial charge in [0.15, 0.2) is 0 Å². The van der Waals surface area contributed by atoms with Crippen LogP contribution in [0.2, 0.25) is 0 Å². The number of aromatic nitrogens is 1. The minimum atomic E-state index is -0.356. The van der Waals surface area contributed by atoms with Crippen molar-refractivity contribution in [3.63, 3.8) is 0 Å². The summed E-state index contributed by atoms with van der Waals surface area (Å²) in [6.45, 7) is 2.23. The van der Waals surface area contributed by atoms with Crippen LogP contribution in [0.1, 0.15) is 44.2 Å². The van der Waals surface area contributed by atoms with Crippen molar-refractivity contribution in [2.24, 2.45) is 5.92 Å². The molecule has 2 aliphatic rings. The molecule has 1 amide bonds. The third-order valence-electron chi connectivity index (χ3n) is 5.49. The van der Waals surface area contributed by atoms with E-state index < -0.39 is 0 Å². The number of hydrogen-bond donors (Lipinski definition) is 3. The summed E-state index contributed by atoms with van der Waals surface area (Å²) in [5, 5.41) is 16.9. The van der Waals surface area contributed by atoms with Crippen molar-refractivity contribution in [3.8, 4) is 0 Å². The molecule has 1 saturated heterocycles. The number of aliphatic hydroxyl groups is 1. The zero-order valence-corrected chi connectivity index (χ0v) is 15.4.